The van der Waals surface area contributed by atoms with Gasteiger partial charge >= 0.3 is 0 Å². The zero-order valence-corrected chi connectivity index (χ0v) is 37.7. The fraction of sp³-hybridized carbons (Fsp3) is 0.0339. The van der Waals surface area contributed by atoms with Gasteiger partial charge in [-0.3, -0.25) is 0 Å². The van der Waals surface area contributed by atoms with Crippen LogP contribution in [0.15, 0.2) is 268 Å². The van der Waals surface area contributed by atoms with Crippen LogP contribution in [-0.4, -0.2) is 23.0 Å². The molecule has 0 bridgehead atoms. The monoisotopic (exact) mass is 857 g/mol. The first-order valence-corrected chi connectivity index (χ1v) is 25.4. The molecule has 5 heteroatoms. The molecule has 3 nitrogen and oxygen atoms in total. The second-order valence-electron chi connectivity index (χ2n) is 16.1. The van der Waals surface area contributed by atoms with Gasteiger partial charge in [-0.2, -0.15) is 0 Å². The predicted molar refractivity (Wildman–Crippen MR) is 269 cm³/mol. The summed E-state index contributed by atoms with van der Waals surface area (Å²) >= 11 is 0. The molecular formula is C59H47N3SSi. The van der Waals surface area contributed by atoms with Crippen LogP contribution in [0.1, 0.15) is 11.1 Å². The Hall–Kier alpha value is -7.44. The van der Waals surface area contributed by atoms with Gasteiger partial charge in [0, 0.05) is 36.3 Å². The van der Waals surface area contributed by atoms with Crippen LogP contribution in [0.25, 0.3) is 34.2 Å². The number of aryl methyl sites for hydroxylation is 2. The summed E-state index contributed by atoms with van der Waals surface area (Å²) in [6.07, 6.45) is 0. The van der Waals surface area contributed by atoms with Gasteiger partial charge in [0.1, 0.15) is 0 Å². The summed E-state index contributed by atoms with van der Waals surface area (Å²) < 4.78 is 0. The van der Waals surface area contributed by atoms with Crippen molar-refractivity contribution in [3.8, 4) is 34.2 Å². The van der Waals surface area contributed by atoms with Gasteiger partial charge in [-0.05, 0) is 94.3 Å². The number of aromatic nitrogens is 3. The Kier molecular flexibility index (Phi) is 11.3. The highest BCUT2D eigenvalue weighted by molar-refractivity contribution is 8.34. The van der Waals surface area contributed by atoms with Crippen molar-refractivity contribution in [1.29, 1.82) is 0 Å². The molecule has 0 N–H and O–H groups in total. The number of hydrogen-bond acceptors (Lipinski definition) is 3. The molecule has 1 heterocycles. The van der Waals surface area contributed by atoms with E-state index in [-0.39, 0.29) is 0 Å². The lowest BCUT2D eigenvalue weighted by atomic mass is 10.0. The van der Waals surface area contributed by atoms with E-state index >= 15 is 0 Å². The molecule has 0 spiro atoms. The maximum Gasteiger partial charge on any atom is 0.179 e. The molecule has 308 valence electrons. The van der Waals surface area contributed by atoms with Crippen molar-refractivity contribution < 1.29 is 0 Å². The van der Waals surface area contributed by atoms with E-state index in [1.165, 1.54) is 40.3 Å². The minimum atomic E-state index is -2.83. The maximum absolute atomic E-state index is 5.44. The lowest BCUT2D eigenvalue weighted by Gasteiger charge is -2.42. The Morgan fingerprint density at radius 3 is 1.06 bits per heavy atom. The summed E-state index contributed by atoms with van der Waals surface area (Å²) in [6, 6.07) is 90.3. The average molecular weight is 858 g/mol. The smallest absolute Gasteiger partial charge is 0.179 e. The molecule has 0 radical (unpaired) electrons. The summed E-state index contributed by atoms with van der Waals surface area (Å²) in [5.74, 6) is 1.94. The van der Waals surface area contributed by atoms with Crippen LogP contribution in [0, 0.1) is 13.8 Å². The molecule has 0 saturated heterocycles. The van der Waals surface area contributed by atoms with Crippen LogP contribution < -0.4 is 20.7 Å². The minimum absolute atomic E-state index is 0.634. The van der Waals surface area contributed by atoms with Crippen LogP contribution in [0.3, 0.4) is 0 Å². The highest BCUT2D eigenvalue weighted by atomic mass is 32.3. The van der Waals surface area contributed by atoms with E-state index in [0.29, 0.717) is 17.5 Å². The van der Waals surface area contributed by atoms with Gasteiger partial charge in [-0.1, -0.05) is 200 Å². The van der Waals surface area contributed by atoms with Crippen molar-refractivity contribution >= 4 is 38.8 Å². The second-order valence-corrected chi connectivity index (χ2v) is 23.0. The van der Waals surface area contributed by atoms with Crippen LogP contribution in [-0.2, 0) is 0 Å². The second kappa shape index (κ2) is 17.7. The fourth-order valence-electron chi connectivity index (χ4n) is 9.39. The lowest BCUT2D eigenvalue weighted by molar-refractivity contribution is 1.06. The van der Waals surface area contributed by atoms with E-state index in [0.717, 1.165) is 27.8 Å². The summed E-state index contributed by atoms with van der Waals surface area (Å²) in [4.78, 5) is 21.2. The van der Waals surface area contributed by atoms with Crippen LogP contribution >= 0.6 is 10.0 Å². The summed E-state index contributed by atoms with van der Waals surface area (Å²) in [7, 11) is -4.78. The molecule has 0 unspecified atom stereocenters. The number of benzene rings is 9. The Bertz CT molecular complexity index is 2760. The van der Waals surface area contributed by atoms with Crippen molar-refractivity contribution in [3.05, 3.63) is 260 Å². The molecule has 0 atom stereocenters. The van der Waals surface area contributed by atoms with Gasteiger partial charge in [0.15, 0.2) is 25.5 Å². The standard InChI is InChI=1S/C59H47N3SSi/c1-44-24-21-25-45(2)56(44)59-61-57(46-26-22-34-51(42-46)63(48-28-9-3-10-29-48,49-30-11-4-12-31-49)50-32-13-5-14-33-50)60-58(62-59)47-27-23-41-55(43-47)64(52-35-15-6-16-36-52,53-37-17-7-18-38-53)54-39-19-8-20-40-54/h3-43H,1-2H3. The van der Waals surface area contributed by atoms with Crippen molar-refractivity contribution in [2.24, 2.45) is 0 Å². The van der Waals surface area contributed by atoms with Gasteiger partial charge in [0.2, 0.25) is 0 Å². The van der Waals surface area contributed by atoms with E-state index in [2.05, 4.69) is 263 Å². The first kappa shape index (κ1) is 40.6. The van der Waals surface area contributed by atoms with Gasteiger partial charge in [-0.15, -0.1) is 10.0 Å². The fourth-order valence-corrected chi connectivity index (χ4v) is 18.1. The van der Waals surface area contributed by atoms with Crippen LogP contribution in [0.5, 0.6) is 0 Å². The third kappa shape index (κ3) is 7.29. The highest BCUT2D eigenvalue weighted by Gasteiger charge is 2.41. The minimum Gasteiger partial charge on any atom is -0.208 e. The zero-order chi connectivity index (χ0) is 43.4. The Labute approximate surface area is 379 Å². The molecular weight excluding hydrogens is 811 g/mol. The average Bonchev–Trinajstić information content (AvgIpc) is 3.37. The largest absolute Gasteiger partial charge is 0.208 e. The Morgan fingerprint density at radius 1 is 0.297 bits per heavy atom. The first-order valence-electron chi connectivity index (χ1n) is 21.8. The molecule has 9 aromatic carbocycles. The van der Waals surface area contributed by atoms with E-state index < -0.39 is 18.1 Å². The summed E-state index contributed by atoms with van der Waals surface area (Å²) in [6.45, 7) is 4.28. The van der Waals surface area contributed by atoms with E-state index in [9.17, 15) is 0 Å². The molecule has 0 aliphatic heterocycles. The van der Waals surface area contributed by atoms with Gasteiger partial charge in [0.25, 0.3) is 0 Å². The van der Waals surface area contributed by atoms with Gasteiger partial charge in [-0.25, -0.2) is 15.0 Å². The summed E-state index contributed by atoms with van der Waals surface area (Å²) in [5.41, 5.74) is 5.15. The third-order valence-electron chi connectivity index (χ3n) is 12.3. The third-order valence-corrected chi connectivity index (χ3v) is 20.9. The first-order chi connectivity index (χ1) is 31.6. The van der Waals surface area contributed by atoms with Crippen LogP contribution in [0.2, 0.25) is 0 Å². The predicted octanol–water partition coefficient (Wildman–Crippen LogP) is 12.2. The molecule has 0 aliphatic rings. The van der Waals surface area contributed by atoms with Crippen molar-refractivity contribution in [1.82, 2.24) is 15.0 Å². The molecule has 0 fully saturated rings. The summed E-state index contributed by atoms with van der Waals surface area (Å²) in [5, 5.41) is 5.20. The Balaban J connectivity index is 1.22. The van der Waals surface area contributed by atoms with Crippen molar-refractivity contribution in [3.63, 3.8) is 0 Å². The van der Waals surface area contributed by atoms with E-state index in [4.69, 9.17) is 15.0 Å². The lowest BCUT2D eigenvalue weighted by Crippen LogP contribution is -2.74. The van der Waals surface area contributed by atoms with Gasteiger partial charge < -0.3 is 0 Å². The normalized spacial score (nSPS) is 11.8. The zero-order valence-electron chi connectivity index (χ0n) is 35.9. The topological polar surface area (TPSA) is 38.7 Å². The van der Waals surface area contributed by atoms with Gasteiger partial charge in [0.05, 0.1) is 0 Å². The SMILES string of the molecule is Cc1cccc(C)c1-c1nc(-c2cccc([Si](c3ccccc3)(c3ccccc3)c3ccccc3)c2)nc(-c2cccc(S(c3ccccc3)(c3ccccc3)c3ccccc3)c2)n1. The molecule has 10 aromatic rings. The van der Waals surface area contributed by atoms with Crippen molar-refractivity contribution in [2.45, 2.75) is 33.4 Å². The molecule has 64 heavy (non-hydrogen) atoms. The molecule has 0 saturated carbocycles. The van der Waals surface area contributed by atoms with Crippen LogP contribution in [0.4, 0.5) is 0 Å². The quantitative estimate of drug-likeness (QED) is 0.0961. The number of hydrogen-bond donors (Lipinski definition) is 0. The van der Waals surface area contributed by atoms with E-state index in [1.54, 1.807) is 0 Å². The maximum atomic E-state index is 5.44. The molecule has 0 aliphatic carbocycles. The molecule has 10 rings (SSSR count). The van der Waals surface area contributed by atoms with Crippen molar-refractivity contribution in [2.75, 3.05) is 0 Å². The van der Waals surface area contributed by atoms with E-state index in [1.807, 2.05) is 0 Å². The highest BCUT2D eigenvalue weighted by Crippen LogP contribution is 2.73. The number of nitrogens with zero attached hydrogens (tertiary/aromatic N) is 3. The number of rotatable bonds is 11. The Morgan fingerprint density at radius 2 is 0.625 bits per heavy atom. The molecule has 0 amide bonds. The molecule has 1 aromatic heterocycles.